The van der Waals surface area contributed by atoms with Crippen molar-refractivity contribution in [3.63, 3.8) is 0 Å². The SMILES string of the molecule is Cn1c(-c2nc(Cl)ncc2F)cc2c1CCNC2=O. The molecule has 1 amide bonds. The number of fused-ring (bicyclic) bond motifs is 1. The maximum absolute atomic E-state index is 13.8. The van der Waals surface area contributed by atoms with Crippen LogP contribution in [0.15, 0.2) is 12.3 Å². The van der Waals surface area contributed by atoms with E-state index in [4.69, 9.17) is 11.6 Å². The van der Waals surface area contributed by atoms with Crippen molar-refractivity contribution >= 4 is 17.5 Å². The summed E-state index contributed by atoms with van der Waals surface area (Å²) in [4.78, 5) is 19.2. The fourth-order valence-corrected chi connectivity index (χ4v) is 2.42. The fourth-order valence-electron chi connectivity index (χ4n) is 2.28. The Hall–Kier alpha value is -1.95. The summed E-state index contributed by atoms with van der Waals surface area (Å²) >= 11 is 5.70. The predicted octanol–water partition coefficient (Wildman–Crippen LogP) is 1.56. The Morgan fingerprint density at radius 3 is 3.05 bits per heavy atom. The van der Waals surface area contributed by atoms with Crippen molar-refractivity contribution in [3.05, 3.63) is 34.6 Å². The number of nitrogens with zero attached hydrogens (tertiary/aromatic N) is 3. The Morgan fingerprint density at radius 1 is 1.53 bits per heavy atom. The highest BCUT2D eigenvalue weighted by Gasteiger charge is 2.24. The molecule has 1 aliphatic heterocycles. The topological polar surface area (TPSA) is 59.8 Å². The molecule has 19 heavy (non-hydrogen) atoms. The molecule has 1 N–H and O–H groups in total. The van der Waals surface area contributed by atoms with Crippen LogP contribution in [0.2, 0.25) is 5.28 Å². The Morgan fingerprint density at radius 2 is 2.32 bits per heavy atom. The zero-order chi connectivity index (χ0) is 13.6. The van der Waals surface area contributed by atoms with Gasteiger partial charge in [-0.25, -0.2) is 14.4 Å². The lowest BCUT2D eigenvalue weighted by Crippen LogP contribution is -2.31. The zero-order valence-electron chi connectivity index (χ0n) is 10.1. The number of nitrogens with one attached hydrogen (secondary N) is 1. The van der Waals surface area contributed by atoms with Gasteiger partial charge in [0.05, 0.1) is 17.5 Å². The highest BCUT2D eigenvalue weighted by molar-refractivity contribution is 6.28. The third kappa shape index (κ3) is 1.88. The minimum Gasteiger partial charge on any atom is -0.352 e. The van der Waals surface area contributed by atoms with Crippen molar-refractivity contribution in [1.82, 2.24) is 19.9 Å². The van der Waals surface area contributed by atoms with Gasteiger partial charge in [-0.15, -0.1) is 0 Å². The monoisotopic (exact) mass is 280 g/mol. The van der Waals surface area contributed by atoms with Gasteiger partial charge in [0.15, 0.2) is 5.82 Å². The van der Waals surface area contributed by atoms with Crippen molar-refractivity contribution in [2.75, 3.05) is 6.54 Å². The Kier molecular flexibility index (Phi) is 2.74. The molecule has 3 heterocycles. The molecule has 2 aromatic rings. The molecule has 2 aromatic heterocycles. The summed E-state index contributed by atoms with van der Waals surface area (Å²) in [5, 5.41) is 2.72. The molecular weight excluding hydrogens is 271 g/mol. The first-order valence-electron chi connectivity index (χ1n) is 5.73. The van der Waals surface area contributed by atoms with Gasteiger partial charge in [-0.3, -0.25) is 4.79 Å². The summed E-state index contributed by atoms with van der Waals surface area (Å²) in [5.74, 6) is -0.716. The molecule has 98 valence electrons. The summed E-state index contributed by atoms with van der Waals surface area (Å²) in [6.45, 7) is 0.580. The van der Waals surface area contributed by atoms with Gasteiger partial charge in [0.1, 0.15) is 5.69 Å². The van der Waals surface area contributed by atoms with Crippen molar-refractivity contribution in [2.45, 2.75) is 6.42 Å². The van der Waals surface area contributed by atoms with Crippen molar-refractivity contribution in [3.8, 4) is 11.4 Å². The molecule has 0 atom stereocenters. The van der Waals surface area contributed by atoms with Crippen LogP contribution in [0, 0.1) is 5.82 Å². The normalized spacial score (nSPS) is 14.2. The van der Waals surface area contributed by atoms with Crippen LogP contribution in [0.5, 0.6) is 0 Å². The van der Waals surface area contributed by atoms with E-state index in [0.717, 1.165) is 11.9 Å². The summed E-state index contributed by atoms with van der Waals surface area (Å²) in [6, 6.07) is 1.63. The van der Waals surface area contributed by atoms with Crippen LogP contribution in [0.4, 0.5) is 4.39 Å². The summed E-state index contributed by atoms with van der Waals surface area (Å²) in [6.07, 6.45) is 1.73. The molecular formula is C12H10ClFN4O. The minimum atomic E-state index is -0.567. The van der Waals surface area contributed by atoms with Gasteiger partial charge in [-0.2, -0.15) is 0 Å². The quantitative estimate of drug-likeness (QED) is 0.807. The number of hydrogen-bond donors (Lipinski definition) is 1. The van der Waals surface area contributed by atoms with Crippen LogP contribution in [0.1, 0.15) is 16.1 Å². The third-order valence-electron chi connectivity index (χ3n) is 3.21. The van der Waals surface area contributed by atoms with Crippen LogP contribution < -0.4 is 5.32 Å². The molecule has 0 unspecified atom stereocenters. The molecule has 0 fully saturated rings. The molecule has 0 aromatic carbocycles. The van der Waals surface area contributed by atoms with Crippen molar-refractivity contribution in [1.29, 1.82) is 0 Å². The Bertz CT molecular complexity index is 683. The lowest BCUT2D eigenvalue weighted by Gasteiger charge is -2.14. The lowest BCUT2D eigenvalue weighted by atomic mass is 10.1. The number of carbonyl (C=O) groups excluding carboxylic acids is 1. The Labute approximate surface area is 113 Å². The second-order valence-electron chi connectivity index (χ2n) is 4.29. The molecule has 3 rings (SSSR count). The molecule has 7 heteroatoms. The molecule has 5 nitrogen and oxygen atoms in total. The first-order valence-corrected chi connectivity index (χ1v) is 6.11. The molecule has 0 radical (unpaired) electrons. The summed E-state index contributed by atoms with van der Waals surface area (Å²) in [7, 11) is 1.78. The first kappa shape index (κ1) is 12.1. The molecule has 0 saturated carbocycles. The van der Waals surface area contributed by atoms with Crippen molar-refractivity contribution < 1.29 is 9.18 Å². The van der Waals surface area contributed by atoms with E-state index in [-0.39, 0.29) is 16.9 Å². The van der Waals surface area contributed by atoms with E-state index in [0.29, 0.717) is 24.2 Å². The number of halogens is 2. The van der Waals surface area contributed by atoms with Gasteiger partial charge >= 0.3 is 0 Å². The third-order valence-corrected chi connectivity index (χ3v) is 3.39. The Balaban J connectivity index is 2.21. The summed E-state index contributed by atoms with van der Waals surface area (Å²) in [5.41, 5.74) is 2.04. The van der Waals surface area contributed by atoms with Crippen LogP contribution >= 0.6 is 11.6 Å². The zero-order valence-corrected chi connectivity index (χ0v) is 10.8. The molecule has 0 aliphatic carbocycles. The van der Waals surface area contributed by atoms with E-state index in [9.17, 15) is 9.18 Å². The van der Waals surface area contributed by atoms with E-state index in [1.54, 1.807) is 17.7 Å². The predicted molar refractivity (Wildman–Crippen MR) is 67.4 cm³/mol. The van der Waals surface area contributed by atoms with Crippen LogP contribution in [-0.2, 0) is 13.5 Å². The first-order chi connectivity index (χ1) is 9.08. The summed E-state index contributed by atoms with van der Waals surface area (Å²) < 4.78 is 15.6. The maximum atomic E-state index is 13.8. The molecule has 0 bridgehead atoms. The van der Waals surface area contributed by atoms with E-state index in [1.165, 1.54) is 0 Å². The van der Waals surface area contributed by atoms with Gasteiger partial charge in [0.25, 0.3) is 5.91 Å². The number of carbonyl (C=O) groups is 1. The molecule has 0 spiro atoms. The molecule has 1 aliphatic rings. The number of rotatable bonds is 1. The second-order valence-corrected chi connectivity index (χ2v) is 4.63. The minimum absolute atomic E-state index is 0.0278. The average Bonchev–Trinajstić information content (AvgIpc) is 2.72. The van der Waals surface area contributed by atoms with Gasteiger partial charge in [-0.05, 0) is 17.7 Å². The van der Waals surface area contributed by atoms with Crippen LogP contribution in [0.3, 0.4) is 0 Å². The van der Waals surface area contributed by atoms with Gasteiger partial charge in [-0.1, -0.05) is 0 Å². The number of hydrogen-bond acceptors (Lipinski definition) is 3. The van der Waals surface area contributed by atoms with E-state index < -0.39 is 5.82 Å². The standard InChI is InChI=1S/C12H10ClFN4O/c1-18-8-2-3-15-11(19)6(8)4-9(18)10-7(14)5-16-12(13)17-10/h4-5H,2-3H2,1H3,(H,15,19). The van der Waals surface area contributed by atoms with Gasteiger partial charge in [0.2, 0.25) is 5.28 Å². The van der Waals surface area contributed by atoms with Gasteiger partial charge < -0.3 is 9.88 Å². The van der Waals surface area contributed by atoms with E-state index in [2.05, 4.69) is 15.3 Å². The van der Waals surface area contributed by atoms with Crippen LogP contribution in [0.25, 0.3) is 11.4 Å². The fraction of sp³-hybridized carbons (Fsp3) is 0.250. The highest BCUT2D eigenvalue weighted by atomic mass is 35.5. The second kappa shape index (κ2) is 4.31. The molecule has 0 saturated heterocycles. The lowest BCUT2D eigenvalue weighted by molar-refractivity contribution is 0.0945. The smallest absolute Gasteiger partial charge is 0.253 e. The largest absolute Gasteiger partial charge is 0.352 e. The maximum Gasteiger partial charge on any atom is 0.253 e. The average molecular weight is 281 g/mol. The number of amides is 1. The van der Waals surface area contributed by atoms with Crippen molar-refractivity contribution in [2.24, 2.45) is 7.05 Å². The number of aromatic nitrogens is 3. The van der Waals surface area contributed by atoms with Crippen LogP contribution in [-0.4, -0.2) is 27.0 Å². The highest BCUT2D eigenvalue weighted by Crippen LogP contribution is 2.27. The van der Waals surface area contributed by atoms with Gasteiger partial charge in [0, 0.05) is 25.7 Å². The van der Waals surface area contributed by atoms with E-state index >= 15 is 0 Å². The van der Waals surface area contributed by atoms with E-state index in [1.807, 2.05) is 0 Å².